The third kappa shape index (κ3) is 59.2. The molecular formula is C65H126O6. The molecule has 1 unspecified atom stereocenters. The van der Waals surface area contributed by atoms with Crippen molar-refractivity contribution in [2.75, 3.05) is 13.2 Å². The van der Waals surface area contributed by atoms with Gasteiger partial charge in [-0.2, -0.15) is 0 Å². The molecule has 0 saturated heterocycles. The largest absolute Gasteiger partial charge is 0.462 e. The molecule has 0 aromatic rings. The van der Waals surface area contributed by atoms with E-state index in [1.54, 1.807) is 0 Å². The summed E-state index contributed by atoms with van der Waals surface area (Å²) in [6, 6.07) is 0. The van der Waals surface area contributed by atoms with Crippen molar-refractivity contribution in [3.8, 4) is 0 Å². The molecule has 0 aromatic heterocycles. The van der Waals surface area contributed by atoms with Crippen molar-refractivity contribution in [3.05, 3.63) is 0 Å². The highest BCUT2D eigenvalue weighted by atomic mass is 16.6. The SMILES string of the molecule is CCCCCCCCCCCCCCCCCCCCCCCCC(=O)OCC(COC(=O)CCCCCCCCCCCCCCCCC)OC(=O)CCCCCCCCCCCCCCCCCC. The molecule has 0 aromatic carbocycles. The first-order chi connectivity index (χ1) is 35.0. The summed E-state index contributed by atoms with van der Waals surface area (Å²) >= 11 is 0. The summed E-state index contributed by atoms with van der Waals surface area (Å²) in [4.78, 5) is 38.3. The lowest BCUT2D eigenvalue weighted by Crippen LogP contribution is -2.30. The number of rotatable bonds is 61. The van der Waals surface area contributed by atoms with Crippen LogP contribution in [0.15, 0.2) is 0 Å². The van der Waals surface area contributed by atoms with Gasteiger partial charge in [0.1, 0.15) is 13.2 Å². The third-order valence-corrected chi connectivity index (χ3v) is 15.1. The lowest BCUT2D eigenvalue weighted by molar-refractivity contribution is -0.167. The van der Waals surface area contributed by atoms with E-state index in [9.17, 15) is 14.4 Å². The predicted molar refractivity (Wildman–Crippen MR) is 307 cm³/mol. The third-order valence-electron chi connectivity index (χ3n) is 15.1. The Hall–Kier alpha value is -1.59. The molecule has 0 amide bonds. The molecule has 0 fully saturated rings. The Morgan fingerprint density at radius 1 is 0.225 bits per heavy atom. The number of esters is 3. The van der Waals surface area contributed by atoms with Crippen LogP contribution in [0.1, 0.15) is 380 Å². The molecule has 1 atom stereocenters. The zero-order valence-corrected chi connectivity index (χ0v) is 48.5. The Morgan fingerprint density at radius 3 is 0.563 bits per heavy atom. The Kier molecular flexibility index (Phi) is 59.6. The van der Waals surface area contributed by atoms with Crippen LogP contribution < -0.4 is 0 Å². The van der Waals surface area contributed by atoms with Crippen molar-refractivity contribution in [1.82, 2.24) is 0 Å². The Balaban J connectivity index is 4.24. The average Bonchev–Trinajstić information content (AvgIpc) is 3.37. The first-order valence-electron chi connectivity index (χ1n) is 32.5. The predicted octanol–water partition coefficient (Wildman–Crippen LogP) is 21.9. The van der Waals surface area contributed by atoms with Crippen molar-refractivity contribution in [2.24, 2.45) is 0 Å². The quantitative estimate of drug-likeness (QED) is 0.0343. The average molecular weight is 1000 g/mol. The van der Waals surface area contributed by atoms with Crippen LogP contribution in [0, 0.1) is 0 Å². The Labute approximate surface area is 444 Å². The second kappa shape index (κ2) is 61.0. The lowest BCUT2D eigenvalue weighted by atomic mass is 10.0. The normalized spacial score (nSPS) is 11.9. The highest BCUT2D eigenvalue weighted by Gasteiger charge is 2.19. The van der Waals surface area contributed by atoms with E-state index in [1.807, 2.05) is 0 Å². The summed E-state index contributed by atoms with van der Waals surface area (Å²) in [5.41, 5.74) is 0. The van der Waals surface area contributed by atoms with E-state index in [4.69, 9.17) is 14.2 Å². The number of carbonyl (C=O) groups excluding carboxylic acids is 3. The monoisotopic (exact) mass is 1000 g/mol. The van der Waals surface area contributed by atoms with E-state index in [1.165, 1.54) is 283 Å². The van der Waals surface area contributed by atoms with Gasteiger partial charge in [-0.3, -0.25) is 14.4 Å². The second-order valence-corrected chi connectivity index (χ2v) is 22.4. The molecule has 0 aliphatic heterocycles. The molecule has 0 aliphatic rings. The summed E-state index contributed by atoms with van der Waals surface area (Å²) in [7, 11) is 0. The highest BCUT2D eigenvalue weighted by molar-refractivity contribution is 5.71. The van der Waals surface area contributed by atoms with Gasteiger partial charge in [-0.25, -0.2) is 0 Å². The minimum absolute atomic E-state index is 0.0604. The smallest absolute Gasteiger partial charge is 0.306 e. The molecule has 0 radical (unpaired) electrons. The summed E-state index contributed by atoms with van der Waals surface area (Å²) in [5.74, 6) is -0.824. The van der Waals surface area contributed by atoms with Gasteiger partial charge >= 0.3 is 17.9 Å². The molecule has 0 rings (SSSR count). The summed E-state index contributed by atoms with van der Waals surface area (Å²) in [5, 5.41) is 0. The van der Waals surface area contributed by atoms with Crippen LogP contribution in [-0.4, -0.2) is 37.2 Å². The maximum atomic E-state index is 12.9. The number of unbranched alkanes of at least 4 members (excludes halogenated alkanes) is 50. The number of hydrogen-bond donors (Lipinski definition) is 0. The molecule has 0 saturated carbocycles. The fourth-order valence-electron chi connectivity index (χ4n) is 10.2. The van der Waals surface area contributed by atoms with Crippen LogP contribution in [0.5, 0.6) is 0 Å². The van der Waals surface area contributed by atoms with Gasteiger partial charge in [-0.1, -0.05) is 342 Å². The molecule has 6 heteroatoms. The van der Waals surface area contributed by atoms with Crippen molar-refractivity contribution in [2.45, 2.75) is 386 Å². The fourth-order valence-corrected chi connectivity index (χ4v) is 10.2. The van der Waals surface area contributed by atoms with Gasteiger partial charge in [0.15, 0.2) is 6.10 Å². The van der Waals surface area contributed by atoms with Crippen LogP contribution in [0.3, 0.4) is 0 Å². The molecule has 6 nitrogen and oxygen atoms in total. The van der Waals surface area contributed by atoms with Gasteiger partial charge < -0.3 is 14.2 Å². The van der Waals surface area contributed by atoms with Gasteiger partial charge in [0.2, 0.25) is 0 Å². The summed E-state index contributed by atoms with van der Waals surface area (Å²) in [6.45, 7) is 6.73. The van der Waals surface area contributed by atoms with Gasteiger partial charge in [0.05, 0.1) is 0 Å². The standard InChI is InChI=1S/C65H126O6/c1-4-7-10-13-16-19-22-25-28-30-31-32-33-34-35-38-40-43-46-49-52-55-58-64(67)70-61-62(60-69-63(66)57-54-51-48-45-42-39-36-27-24-21-18-15-12-9-6-3)71-65(68)59-56-53-50-47-44-41-37-29-26-23-20-17-14-11-8-5-2/h62H,4-61H2,1-3H3. The minimum atomic E-state index is -0.762. The molecule has 0 bridgehead atoms. The van der Waals surface area contributed by atoms with Crippen molar-refractivity contribution < 1.29 is 28.6 Å². The topological polar surface area (TPSA) is 78.9 Å². The first-order valence-corrected chi connectivity index (χ1v) is 32.5. The fraction of sp³-hybridized carbons (Fsp3) is 0.954. The number of carbonyl (C=O) groups is 3. The van der Waals surface area contributed by atoms with Gasteiger partial charge in [0, 0.05) is 19.3 Å². The molecular weight excluding hydrogens is 877 g/mol. The molecule has 0 heterocycles. The number of hydrogen-bond acceptors (Lipinski definition) is 6. The summed E-state index contributed by atoms with van der Waals surface area (Å²) in [6.07, 6.45) is 69.7. The lowest BCUT2D eigenvalue weighted by Gasteiger charge is -2.18. The zero-order valence-electron chi connectivity index (χ0n) is 48.5. The van der Waals surface area contributed by atoms with Gasteiger partial charge in [-0.05, 0) is 19.3 Å². The number of ether oxygens (including phenoxy) is 3. The van der Waals surface area contributed by atoms with E-state index >= 15 is 0 Å². The van der Waals surface area contributed by atoms with Crippen LogP contribution >= 0.6 is 0 Å². The maximum absolute atomic E-state index is 12.9. The van der Waals surface area contributed by atoms with Crippen molar-refractivity contribution in [1.29, 1.82) is 0 Å². The molecule has 0 spiro atoms. The minimum Gasteiger partial charge on any atom is -0.462 e. The van der Waals surface area contributed by atoms with E-state index in [0.29, 0.717) is 19.3 Å². The van der Waals surface area contributed by atoms with Crippen LogP contribution in [0.4, 0.5) is 0 Å². The van der Waals surface area contributed by atoms with E-state index in [2.05, 4.69) is 20.8 Å². The highest BCUT2D eigenvalue weighted by Crippen LogP contribution is 2.19. The molecule has 71 heavy (non-hydrogen) atoms. The van der Waals surface area contributed by atoms with Crippen molar-refractivity contribution in [3.63, 3.8) is 0 Å². The maximum Gasteiger partial charge on any atom is 0.306 e. The van der Waals surface area contributed by atoms with Crippen LogP contribution in [-0.2, 0) is 28.6 Å². The first kappa shape index (κ1) is 69.4. The van der Waals surface area contributed by atoms with Gasteiger partial charge in [-0.15, -0.1) is 0 Å². The second-order valence-electron chi connectivity index (χ2n) is 22.4. The summed E-state index contributed by atoms with van der Waals surface area (Å²) < 4.78 is 17.0. The van der Waals surface area contributed by atoms with E-state index in [0.717, 1.165) is 57.8 Å². The Bertz CT molecular complexity index is 1060. The molecule has 0 N–H and O–H groups in total. The van der Waals surface area contributed by atoms with E-state index in [-0.39, 0.29) is 31.1 Å². The van der Waals surface area contributed by atoms with Crippen molar-refractivity contribution >= 4 is 17.9 Å². The van der Waals surface area contributed by atoms with E-state index < -0.39 is 6.10 Å². The van der Waals surface area contributed by atoms with Crippen LogP contribution in [0.25, 0.3) is 0 Å². The Morgan fingerprint density at radius 2 is 0.380 bits per heavy atom. The van der Waals surface area contributed by atoms with Crippen LogP contribution in [0.2, 0.25) is 0 Å². The molecule has 0 aliphatic carbocycles. The zero-order chi connectivity index (χ0) is 51.4. The molecule has 422 valence electrons. The van der Waals surface area contributed by atoms with Gasteiger partial charge in [0.25, 0.3) is 0 Å².